The molecule has 27 heavy (non-hydrogen) atoms. The number of rotatable bonds is 6. The summed E-state index contributed by atoms with van der Waals surface area (Å²) in [5, 5.41) is 2.91. The number of hydrogen-bond donors (Lipinski definition) is 2. The van der Waals surface area contributed by atoms with Crippen LogP contribution in [0, 0.1) is 5.92 Å². The molecule has 2 aromatic rings. The van der Waals surface area contributed by atoms with E-state index < -0.39 is 16.1 Å². The van der Waals surface area contributed by atoms with Crippen LogP contribution >= 0.6 is 0 Å². The highest BCUT2D eigenvalue weighted by Gasteiger charge is 2.32. The first kappa shape index (κ1) is 19.1. The van der Waals surface area contributed by atoms with Gasteiger partial charge in [-0.1, -0.05) is 56.3 Å². The van der Waals surface area contributed by atoms with Crippen molar-refractivity contribution in [3.05, 3.63) is 65.7 Å². The molecular weight excluding hydrogens is 362 g/mol. The van der Waals surface area contributed by atoms with Crippen LogP contribution in [0.4, 0.5) is 0 Å². The van der Waals surface area contributed by atoms with Crippen LogP contribution < -0.4 is 10.0 Å². The lowest BCUT2D eigenvalue weighted by molar-refractivity contribution is -0.123. The Bertz CT molecular complexity index is 953. The highest BCUT2D eigenvalue weighted by atomic mass is 32.2. The van der Waals surface area contributed by atoms with Crippen molar-refractivity contribution in [2.24, 2.45) is 10.9 Å². The van der Waals surface area contributed by atoms with Gasteiger partial charge in [0.1, 0.15) is 11.9 Å². The first-order valence-corrected chi connectivity index (χ1v) is 10.4. The van der Waals surface area contributed by atoms with Crippen molar-refractivity contribution >= 4 is 21.8 Å². The van der Waals surface area contributed by atoms with Crippen molar-refractivity contribution in [2.45, 2.75) is 31.2 Å². The first-order valence-electron chi connectivity index (χ1n) is 8.90. The monoisotopic (exact) mass is 385 g/mol. The summed E-state index contributed by atoms with van der Waals surface area (Å²) in [4.78, 5) is 17.3. The van der Waals surface area contributed by atoms with Crippen molar-refractivity contribution in [1.82, 2.24) is 10.0 Å². The minimum Gasteiger partial charge on any atom is -0.354 e. The first-order chi connectivity index (χ1) is 12.9. The third kappa shape index (κ3) is 4.36. The fourth-order valence-electron chi connectivity index (χ4n) is 2.96. The minimum atomic E-state index is -3.62. The Hall–Kier alpha value is -2.67. The number of amides is 1. The molecule has 0 spiro atoms. The van der Waals surface area contributed by atoms with Crippen LogP contribution in [-0.2, 0) is 21.2 Å². The molecule has 0 aromatic heterocycles. The zero-order valence-corrected chi connectivity index (χ0v) is 16.2. The van der Waals surface area contributed by atoms with Gasteiger partial charge in [-0.15, -0.1) is 0 Å². The largest absolute Gasteiger partial charge is 0.354 e. The molecule has 1 heterocycles. The molecule has 3 rings (SSSR count). The Morgan fingerprint density at radius 3 is 2.44 bits per heavy atom. The number of nitrogens with zero attached hydrogens (tertiary/aromatic N) is 1. The van der Waals surface area contributed by atoms with Gasteiger partial charge in [0.2, 0.25) is 5.91 Å². The van der Waals surface area contributed by atoms with Gasteiger partial charge in [-0.2, -0.15) is 0 Å². The Morgan fingerprint density at radius 1 is 1.07 bits per heavy atom. The molecule has 142 valence electrons. The molecule has 1 aliphatic rings. The van der Waals surface area contributed by atoms with E-state index >= 15 is 0 Å². The lowest BCUT2D eigenvalue weighted by atomic mass is 10.0. The van der Waals surface area contributed by atoms with Crippen LogP contribution in [0.2, 0.25) is 0 Å². The van der Waals surface area contributed by atoms with Crippen molar-refractivity contribution in [1.29, 1.82) is 0 Å². The third-order valence-electron chi connectivity index (χ3n) is 4.39. The number of fused-ring (bicyclic) bond motifs is 1. The molecule has 0 fully saturated rings. The van der Waals surface area contributed by atoms with Gasteiger partial charge in [0.25, 0.3) is 10.0 Å². The standard InChI is InChI=1S/C20H23N3O3S/c1-14(2)18(20(24)21-13-12-15-8-4-3-5-9-15)22-19-16-10-6-7-11-17(16)27(25,26)23-19/h3-11,14,18H,12-13H2,1-2H3,(H,21,24)(H,22,23). The van der Waals surface area contributed by atoms with Crippen molar-refractivity contribution in [2.75, 3.05) is 6.54 Å². The average molecular weight is 385 g/mol. The second-order valence-electron chi connectivity index (χ2n) is 6.79. The second kappa shape index (κ2) is 7.92. The van der Waals surface area contributed by atoms with Crippen molar-refractivity contribution in [3.63, 3.8) is 0 Å². The zero-order valence-electron chi connectivity index (χ0n) is 15.3. The molecule has 1 amide bonds. The number of benzene rings is 2. The van der Waals surface area contributed by atoms with E-state index in [0.29, 0.717) is 12.1 Å². The maximum Gasteiger partial charge on any atom is 0.263 e. The molecule has 1 aliphatic heterocycles. The van der Waals surface area contributed by atoms with Gasteiger partial charge in [0.15, 0.2) is 0 Å². The van der Waals surface area contributed by atoms with Gasteiger partial charge in [0.05, 0.1) is 4.90 Å². The van der Waals surface area contributed by atoms with Gasteiger partial charge < -0.3 is 5.32 Å². The van der Waals surface area contributed by atoms with E-state index in [1.54, 1.807) is 18.2 Å². The molecule has 1 atom stereocenters. The van der Waals surface area contributed by atoms with E-state index in [1.807, 2.05) is 44.2 Å². The van der Waals surface area contributed by atoms with Crippen LogP contribution in [0.1, 0.15) is 25.0 Å². The molecule has 2 aromatic carbocycles. The predicted octanol–water partition coefficient (Wildman–Crippen LogP) is 2.11. The van der Waals surface area contributed by atoms with Crippen LogP contribution in [0.15, 0.2) is 64.5 Å². The number of amidine groups is 1. The minimum absolute atomic E-state index is 0.0773. The summed E-state index contributed by atoms with van der Waals surface area (Å²) < 4.78 is 26.9. The number of carbonyl (C=O) groups excluding carboxylic acids is 1. The number of hydrogen-bond acceptors (Lipinski definition) is 4. The van der Waals surface area contributed by atoms with Crippen LogP contribution in [-0.4, -0.2) is 32.7 Å². The van der Waals surface area contributed by atoms with Crippen molar-refractivity contribution < 1.29 is 13.2 Å². The number of aliphatic imine (C=N–C) groups is 1. The third-order valence-corrected chi connectivity index (χ3v) is 5.78. The van der Waals surface area contributed by atoms with Gasteiger partial charge in [-0.05, 0) is 30.0 Å². The number of sulfonamides is 1. The van der Waals surface area contributed by atoms with E-state index in [1.165, 1.54) is 6.07 Å². The fourth-order valence-corrected chi connectivity index (χ4v) is 4.20. The van der Waals surface area contributed by atoms with E-state index in [9.17, 15) is 13.2 Å². The molecule has 0 saturated carbocycles. The van der Waals surface area contributed by atoms with E-state index in [2.05, 4.69) is 15.0 Å². The number of nitrogens with one attached hydrogen (secondary N) is 2. The highest BCUT2D eigenvalue weighted by Crippen LogP contribution is 2.23. The van der Waals surface area contributed by atoms with E-state index in [-0.39, 0.29) is 22.6 Å². The highest BCUT2D eigenvalue weighted by molar-refractivity contribution is 7.90. The molecule has 0 aliphatic carbocycles. The lowest BCUT2D eigenvalue weighted by Crippen LogP contribution is -2.39. The maximum absolute atomic E-state index is 12.6. The van der Waals surface area contributed by atoms with Crippen LogP contribution in [0.5, 0.6) is 0 Å². The normalized spacial score (nSPS) is 17.4. The van der Waals surface area contributed by atoms with Gasteiger partial charge in [0, 0.05) is 12.1 Å². The number of carbonyl (C=O) groups is 1. The molecule has 2 N–H and O–H groups in total. The molecule has 0 saturated heterocycles. The topological polar surface area (TPSA) is 87.6 Å². The molecule has 6 nitrogen and oxygen atoms in total. The summed E-state index contributed by atoms with van der Waals surface area (Å²) in [7, 11) is -3.62. The van der Waals surface area contributed by atoms with Crippen LogP contribution in [0.3, 0.4) is 0 Å². The van der Waals surface area contributed by atoms with E-state index in [0.717, 1.165) is 12.0 Å². The van der Waals surface area contributed by atoms with Crippen LogP contribution in [0.25, 0.3) is 0 Å². The fraction of sp³-hybridized carbons (Fsp3) is 0.300. The summed E-state index contributed by atoms with van der Waals surface area (Å²) in [6.07, 6.45) is 0.726. The Balaban J connectivity index is 1.74. The molecule has 7 heteroatoms. The average Bonchev–Trinajstić information content (AvgIpc) is 2.91. The van der Waals surface area contributed by atoms with Gasteiger partial charge >= 0.3 is 0 Å². The molecule has 0 bridgehead atoms. The lowest BCUT2D eigenvalue weighted by Gasteiger charge is -2.17. The molecule has 1 unspecified atom stereocenters. The molecular formula is C20H23N3O3S. The second-order valence-corrected chi connectivity index (χ2v) is 8.45. The Morgan fingerprint density at radius 2 is 1.74 bits per heavy atom. The van der Waals surface area contributed by atoms with E-state index in [4.69, 9.17) is 0 Å². The summed E-state index contributed by atoms with van der Waals surface area (Å²) in [5.74, 6) is -0.0639. The zero-order chi connectivity index (χ0) is 19.4. The SMILES string of the molecule is CC(C)C(N=C1NS(=O)(=O)c2ccccc21)C(=O)NCCc1ccccc1. The summed E-state index contributed by atoms with van der Waals surface area (Å²) in [5.41, 5.74) is 1.64. The summed E-state index contributed by atoms with van der Waals surface area (Å²) in [6, 6.07) is 15.9. The smallest absolute Gasteiger partial charge is 0.263 e. The summed E-state index contributed by atoms with van der Waals surface area (Å²) in [6.45, 7) is 4.28. The Labute approximate surface area is 159 Å². The van der Waals surface area contributed by atoms with Crippen molar-refractivity contribution in [3.8, 4) is 0 Å². The summed E-state index contributed by atoms with van der Waals surface area (Å²) >= 11 is 0. The molecule has 0 radical (unpaired) electrons. The maximum atomic E-state index is 12.6. The van der Waals surface area contributed by atoms with Gasteiger partial charge in [-0.3, -0.25) is 14.5 Å². The predicted molar refractivity (Wildman–Crippen MR) is 105 cm³/mol. The quantitative estimate of drug-likeness (QED) is 0.798. The van der Waals surface area contributed by atoms with Gasteiger partial charge in [-0.25, -0.2) is 8.42 Å². The Kier molecular flexibility index (Phi) is 5.60.